The molecule has 0 aliphatic carbocycles. The van der Waals surface area contributed by atoms with E-state index in [2.05, 4.69) is 20.5 Å². The molecule has 9 nitrogen and oxygen atoms in total. The van der Waals surface area contributed by atoms with Crippen molar-refractivity contribution in [3.05, 3.63) is 30.5 Å². The van der Waals surface area contributed by atoms with E-state index in [1.165, 1.54) is 0 Å². The van der Waals surface area contributed by atoms with Crippen LogP contribution in [0.15, 0.2) is 30.5 Å². The van der Waals surface area contributed by atoms with Crippen LogP contribution in [0.1, 0.15) is 13.3 Å². The lowest BCUT2D eigenvalue weighted by Crippen LogP contribution is -2.64. The van der Waals surface area contributed by atoms with Gasteiger partial charge in [0, 0.05) is 36.9 Å². The average molecular weight is 403 g/mol. The number of benzene rings is 1. The molecule has 3 saturated heterocycles. The number of nitrogens with two attached hydrogens (primary N) is 1. The van der Waals surface area contributed by atoms with Gasteiger partial charge in [0.15, 0.2) is 0 Å². The number of likely N-dealkylation sites (tertiary alicyclic amines) is 1. The molecule has 3 aliphatic rings. The molecule has 9 heteroatoms. The molecule has 7 N–H and O–H groups in total. The second-order valence-corrected chi connectivity index (χ2v) is 8.47. The van der Waals surface area contributed by atoms with Gasteiger partial charge >= 0.3 is 0 Å². The SMILES string of the molecule is C[C@@]1(O)[C@@H](COc2ccc3cc[nH]c3c2)O[C@@H](N2CCC3C(N)NCNC32)[C@@H]1O. The molecule has 0 amide bonds. The first-order valence-corrected chi connectivity index (χ1v) is 10.2. The van der Waals surface area contributed by atoms with E-state index >= 15 is 0 Å². The highest BCUT2D eigenvalue weighted by Gasteiger charge is 2.57. The van der Waals surface area contributed by atoms with E-state index in [-0.39, 0.29) is 24.9 Å². The Morgan fingerprint density at radius 2 is 2.21 bits per heavy atom. The molecule has 1 aromatic carbocycles. The number of ether oxygens (including phenoxy) is 2. The molecule has 3 unspecified atom stereocenters. The number of nitrogens with one attached hydrogen (secondary N) is 3. The van der Waals surface area contributed by atoms with Crippen LogP contribution in [-0.2, 0) is 4.74 Å². The average Bonchev–Trinajstić information content (AvgIpc) is 3.39. The van der Waals surface area contributed by atoms with Crippen molar-refractivity contribution in [3.63, 3.8) is 0 Å². The molecule has 0 bridgehead atoms. The standard InChI is InChI=1S/C20H29N5O4/c1-20(27)15(9-28-12-3-2-11-4-6-22-14(11)8-12)29-19(16(20)26)25-7-5-13-17(21)23-10-24-18(13)25/h2-4,6,8,13,15-19,22-24,26-27H,5,7,9-10,21H2,1H3/t13?,15-,16+,17?,18?,19-,20-/m1/s1. The number of H-pyrrole nitrogens is 1. The summed E-state index contributed by atoms with van der Waals surface area (Å²) in [6, 6.07) is 7.77. The van der Waals surface area contributed by atoms with Crippen molar-refractivity contribution < 1.29 is 19.7 Å². The number of aliphatic hydroxyl groups excluding tert-OH is 1. The Labute approximate surface area is 169 Å². The van der Waals surface area contributed by atoms with Crippen LogP contribution in [0, 0.1) is 5.92 Å². The molecule has 3 aliphatic heterocycles. The first kappa shape index (κ1) is 19.3. The molecule has 29 heavy (non-hydrogen) atoms. The second-order valence-electron chi connectivity index (χ2n) is 8.47. The Kier molecular flexibility index (Phi) is 4.78. The number of aromatic amines is 1. The van der Waals surface area contributed by atoms with Gasteiger partial charge in [-0.05, 0) is 36.9 Å². The zero-order valence-electron chi connectivity index (χ0n) is 16.4. The fourth-order valence-corrected chi connectivity index (χ4v) is 4.82. The number of hydrogen-bond donors (Lipinski definition) is 6. The number of rotatable bonds is 4. The normalized spacial score (nSPS) is 40.4. The van der Waals surface area contributed by atoms with Crippen molar-refractivity contribution in [1.29, 1.82) is 0 Å². The van der Waals surface area contributed by atoms with E-state index < -0.39 is 24.0 Å². The summed E-state index contributed by atoms with van der Waals surface area (Å²) in [6.07, 6.45) is 0.383. The summed E-state index contributed by atoms with van der Waals surface area (Å²) >= 11 is 0. The van der Waals surface area contributed by atoms with E-state index in [9.17, 15) is 10.2 Å². The molecular formula is C20H29N5O4. The first-order valence-electron chi connectivity index (χ1n) is 10.2. The Balaban J connectivity index is 1.28. The van der Waals surface area contributed by atoms with Gasteiger partial charge in [0.2, 0.25) is 0 Å². The lowest BCUT2D eigenvalue weighted by atomic mass is 9.94. The fourth-order valence-electron chi connectivity index (χ4n) is 4.82. The van der Waals surface area contributed by atoms with Crippen LogP contribution >= 0.6 is 0 Å². The zero-order valence-corrected chi connectivity index (χ0v) is 16.4. The van der Waals surface area contributed by atoms with Crippen LogP contribution < -0.4 is 21.1 Å². The smallest absolute Gasteiger partial charge is 0.141 e. The molecule has 7 atom stereocenters. The number of fused-ring (bicyclic) bond motifs is 2. The minimum absolute atomic E-state index is 0.0108. The number of nitrogens with zero attached hydrogens (tertiary/aromatic N) is 1. The minimum atomic E-state index is -1.42. The van der Waals surface area contributed by atoms with E-state index in [1.54, 1.807) is 6.92 Å². The maximum Gasteiger partial charge on any atom is 0.141 e. The highest BCUT2D eigenvalue weighted by atomic mass is 16.6. The fraction of sp³-hybridized carbons (Fsp3) is 0.600. The number of hydrogen-bond acceptors (Lipinski definition) is 8. The van der Waals surface area contributed by atoms with Gasteiger partial charge < -0.3 is 30.4 Å². The van der Waals surface area contributed by atoms with Crippen molar-refractivity contribution in [2.75, 3.05) is 19.8 Å². The molecule has 3 fully saturated rings. The third-order valence-corrected chi connectivity index (χ3v) is 6.67. The van der Waals surface area contributed by atoms with Crippen LogP contribution in [-0.4, -0.2) is 76.3 Å². The van der Waals surface area contributed by atoms with E-state index in [4.69, 9.17) is 15.2 Å². The lowest BCUT2D eigenvalue weighted by molar-refractivity contribution is -0.111. The highest BCUT2D eigenvalue weighted by molar-refractivity contribution is 5.80. The molecule has 0 saturated carbocycles. The third kappa shape index (κ3) is 3.23. The Morgan fingerprint density at radius 1 is 1.34 bits per heavy atom. The maximum absolute atomic E-state index is 11.0. The summed E-state index contributed by atoms with van der Waals surface area (Å²) in [5.41, 5.74) is 5.75. The van der Waals surface area contributed by atoms with E-state index in [0.717, 1.165) is 23.9 Å². The maximum atomic E-state index is 11.0. The molecule has 0 radical (unpaired) electrons. The molecule has 2 aromatic rings. The summed E-state index contributed by atoms with van der Waals surface area (Å²) < 4.78 is 12.0. The van der Waals surface area contributed by atoms with Crippen molar-refractivity contribution in [3.8, 4) is 5.75 Å². The Hall–Kier alpha value is -1.72. The molecule has 1 aromatic heterocycles. The Morgan fingerprint density at radius 3 is 3.07 bits per heavy atom. The van der Waals surface area contributed by atoms with Crippen LogP contribution in [0.2, 0.25) is 0 Å². The quantitative estimate of drug-likeness (QED) is 0.402. The molecule has 5 rings (SSSR count). The van der Waals surface area contributed by atoms with Gasteiger partial charge in [0.25, 0.3) is 0 Å². The van der Waals surface area contributed by atoms with Gasteiger partial charge in [-0.25, -0.2) is 0 Å². The van der Waals surface area contributed by atoms with Gasteiger partial charge in [0.1, 0.15) is 36.4 Å². The zero-order chi connectivity index (χ0) is 20.2. The predicted octanol–water partition coefficient (Wildman–Crippen LogP) is -0.533. The van der Waals surface area contributed by atoms with E-state index in [1.807, 2.05) is 30.5 Å². The van der Waals surface area contributed by atoms with E-state index in [0.29, 0.717) is 12.4 Å². The second kappa shape index (κ2) is 7.21. The van der Waals surface area contributed by atoms with Crippen molar-refractivity contribution in [2.45, 2.75) is 49.7 Å². The summed E-state index contributed by atoms with van der Waals surface area (Å²) in [6.45, 7) is 3.09. The van der Waals surface area contributed by atoms with Crippen LogP contribution in [0.5, 0.6) is 5.75 Å². The van der Waals surface area contributed by atoms with Crippen molar-refractivity contribution in [1.82, 2.24) is 20.5 Å². The number of aromatic nitrogens is 1. The van der Waals surface area contributed by atoms with Gasteiger partial charge in [-0.1, -0.05) is 0 Å². The monoisotopic (exact) mass is 403 g/mol. The predicted molar refractivity (Wildman–Crippen MR) is 107 cm³/mol. The highest BCUT2D eigenvalue weighted by Crippen LogP contribution is 2.38. The van der Waals surface area contributed by atoms with Gasteiger partial charge in [-0.15, -0.1) is 0 Å². The molecule has 158 valence electrons. The summed E-state index contributed by atoms with van der Waals surface area (Å²) in [5, 5.41) is 29.6. The summed E-state index contributed by atoms with van der Waals surface area (Å²) in [4.78, 5) is 5.23. The third-order valence-electron chi connectivity index (χ3n) is 6.67. The Bertz CT molecular complexity index is 873. The van der Waals surface area contributed by atoms with Gasteiger partial charge in [-0.3, -0.25) is 15.5 Å². The van der Waals surface area contributed by atoms with Crippen molar-refractivity contribution in [2.24, 2.45) is 11.7 Å². The van der Waals surface area contributed by atoms with Crippen molar-refractivity contribution >= 4 is 10.9 Å². The number of aliphatic hydroxyl groups is 2. The van der Waals surface area contributed by atoms with Crippen LogP contribution in [0.4, 0.5) is 0 Å². The molecular weight excluding hydrogens is 374 g/mol. The molecule has 4 heterocycles. The topological polar surface area (TPSA) is 128 Å². The van der Waals surface area contributed by atoms with Gasteiger partial charge in [-0.2, -0.15) is 0 Å². The summed E-state index contributed by atoms with van der Waals surface area (Å²) in [5.74, 6) is 0.914. The van der Waals surface area contributed by atoms with Gasteiger partial charge in [0.05, 0.1) is 12.3 Å². The van der Waals surface area contributed by atoms with Crippen LogP contribution in [0.3, 0.4) is 0 Å². The minimum Gasteiger partial charge on any atom is -0.491 e. The first-order chi connectivity index (χ1) is 13.9. The lowest BCUT2D eigenvalue weighted by Gasteiger charge is -2.39. The van der Waals surface area contributed by atoms with Crippen LogP contribution in [0.25, 0.3) is 10.9 Å². The summed E-state index contributed by atoms with van der Waals surface area (Å²) in [7, 11) is 0. The molecule has 0 spiro atoms. The largest absolute Gasteiger partial charge is 0.491 e.